The summed E-state index contributed by atoms with van der Waals surface area (Å²) in [5, 5.41) is 2.91. The van der Waals surface area contributed by atoms with Crippen LogP contribution in [0.25, 0.3) is 0 Å². The maximum absolute atomic E-state index is 12.3. The fourth-order valence-electron chi connectivity index (χ4n) is 1.34. The number of nitrogens with one attached hydrogen (secondary N) is 1. The minimum Gasteiger partial charge on any atom is -0.452 e. The van der Waals surface area contributed by atoms with E-state index >= 15 is 0 Å². The number of thioether (sulfide) groups is 1. The Morgan fingerprint density at radius 1 is 1.56 bits per heavy atom. The average molecular weight is 357 g/mol. The highest BCUT2D eigenvalue weighted by atomic mass is 79.9. The zero-order valence-corrected chi connectivity index (χ0v) is 13.8. The third-order valence-electron chi connectivity index (χ3n) is 2.36. The van der Waals surface area contributed by atoms with Gasteiger partial charge in [-0.3, -0.25) is 0 Å². The van der Waals surface area contributed by atoms with E-state index in [2.05, 4.69) is 21.2 Å². The Kier molecular flexibility index (Phi) is 6.19. The predicted octanol–water partition coefficient (Wildman–Crippen LogP) is 1.75. The topological polar surface area (TPSA) is 62.6 Å². The second-order valence-electron chi connectivity index (χ2n) is 3.70. The van der Waals surface area contributed by atoms with Crippen molar-refractivity contribution in [2.24, 2.45) is 0 Å². The first-order chi connectivity index (χ1) is 8.43. The van der Waals surface area contributed by atoms with E-state index in [0.29, 0.717) is 18.8 Å². The molecule has 0 saturated carbocycles. The van der Waals surface area contributed by atoms with Gasteiger partial charge >= 0.3 is 0 Å². The summed E-state index contributed by atoms with van der Waals surface area (Å²) in [4.78, 5) is 0.177. The normalized spacial score (nSPS) is 12.3. The van der Waals surface area contributed by atoms with Crippen LogP contribution in [0.5, 0.6) is 0 Å². The highest BCUT2D eigenvalue weighted by molar-refractivity contribution is 9.10. The van der Waals surface area contributed by atoms with Gasteiger partial charge in [-0.2, -0.15) is 16.1 Å². The number of sulfonamides is 1. The fraction of sp³-hybridized carbons (Fsp3) is 0.600. The second-order valence-corrected chi connectivity index (χ2v) is 7.42. The van der Waals surface area contributed by atoms with Gasteiger partial charge < -0.3 is 9.73 Å². The lowest BCUT2D eigenvalue weighted by atomic mass is 10.4. The molecule has 0 bridgehead atoms. The van der Waals surface area contributed by atoms with E-state index in [1.165, 1.54) is 4.31 Å². The molecule has 1 aromatic rings. The molecule has 0 spiro atoms. The van der Waals surface area contributed by atoms with Crippen molar-refractivity contribution in [1.82, 2.24) is 9.62 Å². The van der Waals surface area contributed by atoms with Crippen LogP contribution in [0.4, 0.5) is 0 Å². The van der Waals surface area contributed by atoms with Gasteiger partial charge in [0.15, 0.2) is 4.67 Å². The summed E-state index contributed by atoms with van der Waals surface area (Å²) in [5.41, 5.74) is 0. The van der Waals surface area contributed by atoms with Gasteiger partial charge in [0.25, 0.3) is 0 Å². The lowest BCUT2D eigenvalue weighted by Gasteiger charge is -2.15. The molecule has 0 radical (unpaired) electrons. The zero-order chi connectivity index (χ0) is 13.8. The van der Waals surface area contributed by atoms with E-state index < -0.39 is 10.0 Å². The maximum atomic E-state index is 12.3. The summed E-state index contributed by atoms with van der Waals surface area (Å²) in [6.45, 7) is 0.963. The predicted molar refractivity (Wildman–Crippen MR) is 77.4 cm³/mol. The second kappa shape index (κ2) is 6.95. The minimum absolute atomic E-state index is 0.177. The lowest BCUT2D eigenvalue weighted by molar-refractivity contribution is 0.463. The first kappa shape index (κ1) is 16.0. The van der Waals surface area contributed by atoms with Crippen molar-refractivity contribution in [1.29, 1.82) is 0 Å². The summed E-state index contributed by atoms with van der Waals surface area (Å²) in [6.07, 6.45) is 1.94. The number of halogens is 1. The van der Waals surface area contributed by atoms with Crippen molar-refractivity contribution in [2.45, 2.75) is 11.4 Å². The van der Waals surface area contributed by atoms with Crippen LogP contribution in [0, 0.1) is 0 Å². The number of hydrogen-bond acceptors (Lipinski definition) is 5. The van der Waals surface area contributed by atoms with Crippen molar-refractivity contribution >= 4 is 37.7 Å². The summed E-state index contributed by atoms with van der Waals surface area (Å²) in [5.74, 6) is 1.34. The first-order valence-corrected chi connectivity index (χ1v) is 8.94. The van der Waals surface area contributed by atoms with E-state index in [1.54, 1.807) is 31.9 Å². The van der Waals surface area contributed by atoms with Gasteiger partial charge in [0.05, 0.1) is 6.54 Å². The molecule has 0 unspecified atom stereocenters. The Balaban J connectivity index is 2.97. The van der Waals surface area contributed by atoms with Crippen molar-refractivity contribution in [3.05, 3.63) is 16.5 Å². The smallest absolute Gasteiger partial charge is 0.247 e. The van der Waals surface area contributed by atoms with Crippen molar-refractivity contribution in [2.75, 3.05) is 32.6 Å². The summed E-state index contributed by atoms with van der Waals surface area (Å²) in [6, 6.07) is 1.55. The highest BCUT2D eigenvalue weighted by Crippen LogP contribution is 2.28. The van der Waals surface area contributed by atoms with Crippen LogP contribution in [0.3, 0.4) is 0 Å². The maximum Gasteiger partial charge on any atom is 0.247 e. The molecule has 5 nitrogen and oxygen atoms in total. The number of nitrogens with zero attached hydrogens (tertiary/aromatic N) is 1. The molecular formula is C10H17BrN2O3S2. The quantitative estimate of drug-likeness (QED) is 0.806. The van der Waals surface area contributed by atoms with E-state index in [1.807, 2.05) is 6.26 Å². The van der Waals surface area contributed by atoms with Gasteiger partial charge in [-0.25, -0.2) is 8.42 Å². The highest BCUT2D eigenvalue weighted by Gasteiger charge is 2.26. The molecule has 1 heterocycles. The molecule has 18 heavy (non-hydrogen) atoms. The van der Waals surface area contributed by atoms with Gasteiger partial charge in [-0.05, 0) is 29.2 Å². The third-order valence-corrected chi connectivity index (χ3v) is 5.66. The molecule has 1 rings (SSSR count). The van der Waals surface area contributed by atoms with Crippen LogP contribution >= 0.6 is 27.7 Å². The van der Waals surface area contributed by atoms with Crippen LogP contribution in [0.2, 0.25) is 0 Å². The van der Waals surface area contributed by atoms with Crippen molar-refractivity contribution in [3.63, 3.8) is 0 Å². The molecule has 0 aromatic carbocycles. The van der Waals surface area contributed by atoms with E-state index in [4.69, 9.17) is 4.42 Å². The van der Waals surface area contributed by atoms with E-state index in [0.717, 1.165) is 5.75 Å². The zero-order valence-electron chi connectivity index (χ0n) is 10.6. The van der Waals surface area contributed by atoms with Gasteiger partial charge in [0.2, 0.25) is 10.0 Å². The Labute approximate surface area is 120 Å². The molecule has 104 valence electrons. The molecule has 0 saturated heterocycles. The lowest BCUT2D eigenvalue weighted by Crippen LogP contribution is -2.29. The monoisotopic (exact) mass is 356 g/mol. The molecule has 0 aliphatic carbocycles. The molecule has 0 aliphatic heterocycles. The molecule has 0 fully saturated rings. The van der Waals surface area contributed by atoms with Gasteiger partial charge in [-0.15, -0.1) is 0 Å². The Hall–Kier alpha value is -0.0200. The first-order valence-electron chi connectivity index (χ1n) is 5.31. The molecule has 1 N–H and O–H groups in total. The number of rotatable bonds is 7. The van der Waals surface area contributed by atoms with E-state index in [9.17, 15) is 8.42 Å². The minimum atomic E-state index is -3.49. The molecular weight excluding hydrogens is 340 g/mol. The third kappa shape index (κ3) is 3.74. The molecule has 0 amide bonds. The van der Waals surface area contributed by atoms with Crippen molar-refractivity contribution in [3.8, 4) is 0 Å². The Bertz CT molecular complexity index is 487. The van der Waals surface area contributed by atoms with Gasteiger partial charge in [0, 0.05) is 25.4 Å². The Morgan fingerprint density at radius 2 is 2.22 bits per heavy atom. The summed E-state index contributed by atoms with van der Waals surface area (Å²) < 4.78 is 31.5. The van der Waals surface area contributed by atoms with Crippen LogP contribution in [0.1, 0.15) is 5.76 Å². The molecule has 0 aliphatic rings. The number of furan rings is 1. The van der Waals surface area contributed by atoms with E-state index in [-0.39, 0.29) is 9.56 Å². The standard InChI is InChI=1S/C10H17BrN2O3S2/c1-12-7-8-6-9(10(11)16-8)18(14,15)13(2)4-5-17-3/h6,12H,4-5,7H2,1-3H3. The Morgan fingerprint density at radius 3 is 2.78 bits per heavy atom. The molecule has 8 heteroatoms. The van der Waals surface area contributed by atoms with Gasteiger partial charge in [0.1, 0.15) is 10.7 Å². The van der Waals surface area contributed by atoms with Crippen LogP contribution < -0.4 is 5.32 Å². The van der Waals surface area contributed by atoms with Crippen LogP contribution in [-0.2, 0) is 16.6 Å². The largest absolute Gasteiger partial charge is 0.452 e. The van der Waals surface area contributed by atoms with Crippen molar-refractivity contribution < 1.29 is 12.8 Å². The summed E-state index contributed by atoms with van der Waals surface area (Å²) in [7, 11) is -0.143. The number of hydrogen-bond donors (Lipinski definition) is 1. The average Bonchev–Trinajstić information content (AvgIpc) is 2.68. The SMILES string of the molecule is CNCc1cc(S(=O)(=O)N(C)CCSC)c(Br)o1. The van der Waals surface area contributed by atoms with Gasteiger partial charge in [-0.1, -0.05) is 0 Å². The van der Waals surface area contributed by atoms with Crippen LogP contribution in [0.15, 0.2) is 20.0 Å². The summed E-state index contributed by atoms with van der Waals surface area (Å²) >= 11 is 4.76. The molecule has 1 aromatic heterocycles. The van der Waals surface area contributed by atoms with Crippen LogP contribution in [-0.4, -0.2) is 45.4 Å². The molecule has 0 atom stereocenters. The fourth-order valence-corrected chi connectivity index (χ4v) is 4.04.